The molecule has 0 saturated heterocycles. The average Bonchev–Trinajstić information content (AvgIpc) is 2.56. The zero-order valence-electron chi connectivity index (χ0n) is 14.1. The van der Waals surface area contributed by atoms with Gasteiger partial charge in [0.2, 0.25) is 0 Å². The summed E-state index contributed by atoms with van der Waals surface area (Å²) < 4.78 is 0. The zero-order valence-corrected chi connectivity index (χ0v) is 14.1. The molecule has 120 valence electrons. The van der Waals surface area contributed by atoms with Crippen molar-refractivity contribution in [3.05, 3.63) is 47.5 Å². The zero-order chi connectivity index (χ0) is 15.6. The second-order valence-corrected chi connectivity index (χ2v) is 6.40. The molecule has 2 N–H and O–H groups in total. The summed E-state index contributed by atoms with van der Waals surface area (Å²) in [6.07, 6.45) is 12.2. The Hall–Kier alpha value is -1.34. The third-order valence-electron chi connectivity index (χ3n) is 4.59. The van der Waals surface area contributed by atoms with E-state index in [9.17, 15) is 0 Å². The molecule has 22 heavy (non-hydrogen) atoms. The van der Waals surface area contributed by atoms with E-state index in [1.54, 1.807) is 0 Å². The molecule has 1 heteroatoms. The van der Waals surface area contributed by atoms with Crippen LogP contribution in [0.15, 0.2) is 36.4 Å². The van der Waals surface area contributed by atoms with Crippen molar-refractivity contribution in [3.8, 4) is 0 Å². The maximum Gasteiger partial charge on any atom is 0.0181 e. The summed E-state index contributed by atoms with van der Waals surface area (Å²) >= 11 is 0. The highest BCUT2D eigenvalue weighted by Crippen LogP contribution is 2.22. The van der Waals surface area contributed by atoms with Crippen molar-refractivity contribution in [2.45, 2.75) is 71.3 Å². The van der Waals surface area contributed by atoms with Crippen LogP contribution in [0.4, 0.5) is 0 Å². The molecule has 1 nitrogen and oxygen atoms in total. The van der Waals surface area contributed by atoms with Crippen LogP contribution < -0.4 is 5.73 Å². The molecule has 0 spiro atoms. The first-order chi connectivity index (χ1) is 10.8. The van der Waals surface area contributed by atoms with E-state index in [1.165, 1.54) is 79.7 Å². The number of hydrogen-bond donors (Lipinski definition) is 1. The van der Waals surface area contributed by atoms with Crippen LogP contribution in [0, 0.1) is 0 Å². The molecule has 0 atom stereocenters. The molecule has 2 aromatic carbocycles. The molecule has 0 heterocycles. The van der Waals surface area contributed by atoms with Gasteiger partial charge in [-0.1, -0.05) is 82.2 Å². The van der Waals surface area contributed by atoms with Crippen molar-refractivity contribution >= 4 is 10.8 Å². The highest BCUT2D eigenvalue weighted by Gasteiger charge is 2.04. The predicted molar refractivity (Wildman–Crippen MR) is 98.2 cm³/mol. The van der Waals surface area contributed by atoms with Crippen LogP contribution in [0.25, 0.3) is 10.8 Å². The van der Waals surface area contributed by atoms with E-state index >= 15 is 0 Å². The minimum Gasteiger partial charge on any atom is -0.326 e. The van der Waals surface area contributed by atoms with Gasteiger partial charge in [-0.05, 0) is 40.8 Å². The monoisotopic (exact) mass is 297 g/mol. The molecule has 0 bridgehead atoms. The molecule has 0 unspecified atom stereocenters. The van der Waals surface area contributed by atoms with Gasteiger partial charge in [-0.15, -0.1) is 0 Å². The summed E-state index contributed by atoms with van der Waals surface area (Å²) in [6.45, 7) is 2.93. The summed E-state index contributed by atoms with van der Waals surface area (Å²) in [5.41, 5.74) is 8.71. The lowest BCUT2D eigenvalue weighted by molar-refractivity contribution is 0.575. The number of unbranched alkanes of at least 4 members (excludes halogenated alkanes) is 7. The second-order valence-electron chi connectivity index (χ2n) is 6.40. The number of nitrogens with two attached hydrogens (primary N) is 1. The minimum absolute atomic E-state index is 0.650. The van der Waals surface area contributed by atoms with Gasteiger partial charge < -0.3 is 5.73 Å². The SMILES string of the molecule is CCCCCCCCCCc1cc2ccccc2cc1CN. The van der Waals surface area contributed by atoms with Gasteiger partial charge in [0.1, 0.15) is 0 Å². The van der Waals surface area contributed by atoms with Crippen molar-refractivity contribution < 1.29 is 0 Å². The fourth-order valence-corrected chi connectivity index (χ4v) is 3.21. The minimum atomic E-state index is 0.650. The summed E-state index contributed by atoms with van der Waals surface area (Å²) in [5.74, 6) is 0. The van der Waals surface area contributed by atoms with Crippen LogP contribution in [0.3, 0.4) is 0 Å². The van der Waals surface area contributed by atoms with Gasteiger partial charge >= 0.3 is 0 Å². The predicted octanol–water partition coefficient (Wildman–Crippen LogP) is 5.98. The molecule has 2 rings (SSSR count). The number of fused-ring (bicyclic) bond motifs is 1. The van der Waals surface area contributed by atoms with Gasteiger partial charge in [0.15, 0.2) is 0 Å². The number of rotatable bonds is 10. The Morgan fingerprint density at radius 2 is 1.27 bits per heavy atom. The summed E-state index contributed by atoms with van der Waals surface area (Å²) in [6, 6.07) is 13.2. The van der Waals surface area contributed by atoms with Crippen molar-refractivity contribution in [1.29, 1.82) is 0 Å². The maximum atomic E-state index is 5.94. The fraction of sp³-hybridized carbons (Fsp3) is 0.524. The molecule has 0 aromatic heterocycles. The number of aryl methyl sites for hydroxylation is 1. The van der Waals surface area contributed by atoms with E-state index in [-0.39, 0.29) is 0 Å². The molecule has 0 fully saturated rings. The quantitative estimate of drug-likeness (QED) is 0.536. The highest BCUT2D eigenvalue weighted by molar-refractivity contribution is 5.84. The Bertz CT molecular complexity index is 559. The standard InChI is InChI=1S/C21H31N/c1-2-3-4-5-6-7-8-9-12-20-15-18-13-10-11-14-19(18)16-21(20)17-22/h10-11,13-16H,2-9,12,17,22H2,1H3. The first-order valence-electron chi connectivity index (χ1n) is 9.05. The van der Waals surface area contributed by atoms with Crippen LogP contribution >= 0.6 is 0 Å². The highest BCUT2D eigenvalue weighted by atomic mass is 14.5. The molecular weight excluding hydrogens is 266 g/mol. The Morgan fingerprint density at radius 1 is 0.727 bits per heavy atom. The van der Waals surface area contributed by atoms with Gasteiger partial charge in [-0.25, -0.2) is 0 Å². The number of hydrogen-bond acceptors (Lipinski definition) is 1. The van der Waals surface area contributed by atoms with Crippen molar-refractivity contribution in [2.24, 2.45) is 5.73 Å². The van der Waals surface area contributed by atoms with E-state index in [2.05, 4.69) is 43.3 Å². The van der Waals surface area contributed by atoms with E-state index in [0.717, 1.165) is 0 Å². The first kappa shape index (κ1) is 17.0. The van der Waals surface area contributed by atoms with E-state index in [1.807, 2.05) is 0 Å². The summed E-state index contributed by atoms with van der Waals surface area (Å²) in [7, 11) is 0. The molecule has 2 aromatic rings. The lowest BCUT2D eigenvalue weighted by Crippen LogP contribution is -2.02. The lowest BCUT2D eigenvalue weighted by atomic mass is 9.96. The molecular formula is C21H31N. The van der Waals surface area contributed by atoms with E-state index in [4.69, 9.17) is 5.73 Å². The average molecular weight is 297 g/mol. The van der Waals surface area contributed by atoms with Crippen molar-refractivity contribution in [3.63, 3.8) is 0 Å². The molecule has 0 saturated carbocycles. The molecule has 0 radical (unpaired) electrons. The van der Waals surface area contributed by atoms with Gasteiger partial charge in [0, 0.05) is 6.54 Å². The van der Waals surface area contributed by atoms with Crippen LogP contribution in [0.5, 0.6) is 0 Å². The topological polar surface area (TPSA) is 26.0 Å². The summed E-state index contributed by atoms with van der Waals surface area (Å²) in [4.78, 5) is 0. The third kappa shape index (κ3) is 5.14. The van der Waals surface area contributed by atoms with E-state index in [0.29, 0.717) is 6.54 Å². The van der Waals surface area contributed by atoms with E-state index < -0.39 is 0 Å². The van der Waals surface area contributed by atoms with Crippen LogP contribution in [-0.4, -0.2) is 0 Å². The Kier molecular flexibility index (Phi) is 7.45. The third-order valence-corrected chi connectivity index (χ3v) is 4.59. The molecule has 0 aliphatic heterocycles. The van der Waals surface area contributed by atoms with Gasteiger partial charge in [-0.3, -0.25) is 0 Å². The summed E-state index contributed by atoms with van der Waals surface area (Å²) in [5, 5.41) is 2.65. The Labute approximate surface area is 135 Å². The van der Waals surface area contributed by atoms with Crippen LogP contribution in [0.2, 0.25) is 0 Å². The Balaban J connectivity index is 1.81. The molecule has 0 aliphatic carbocycles. The number of benzene rings is 2. The smallest absolute Gasteiger partial charge is 0.0181 e. The largest absolute Gasteiger partial charge is 0.326 e. The van der Waals surface area contributed by atoms with Crippen LogP contribution in [-0.2, 0) is 13.0 Å². The molecule has 0 amide bonds. The Morgan fingerprint density at radius 3 is 1.86 bits per heavy atom. The second kappa shape index (κ2) is 9.63. The normalized spacial score (nSPS) is 11.2. The molecule has 0 aliphatic rings. The van der Waals surface area contributed by atoms with Gasteiger partial charge in [-0.2, -0.15) is 0 Å². The van der Waals surface area contributed by atoms with Gasteiger partial charge in [0.05, 0.1) is 0 Å². The van der Waals surface area contributed by atoms with Gasteiger partial charge in [0.25, 0.3) is 0 Å². The van der Waals surface area contributed by atoms with Crippen LogP contribution in [0.1, 0.15) is 69.4 Å². The van der Waals surface area contributed by atoms with Crippen molar-refractivity contribution in [2.75, 3.05) is 0 Å². The maximum absolute atomic E-state index is 5.94. The van der Waals surface area contributed by atoms with Crippen molar-refractivity contribution in [1.82, 2.24) is 0 Å². The first-order valence-corrected chi connectivity index (χ1v) is 9.05. The lowest BCUT2D eigenvalue weighted by Gasteiger charge is -2.10. The fourth-order valence-electron chi connectivity index (χ4n) is 3.21.